The molecule has 118 valence electrons. The van der Waals surface area contributed by atoms with E-state index in [0.717, 1.165) is 33.3 Å². The van der Waals surface area contributed by atoms with Gasteiger partial charge in [0.15, 0.2) is 0 Å². The summed E-state index contributed by atoms with van der Waals surface area (Å²) in [5.74, 6) is 0.797. The summed E-state index contributed by atoms with van der Waals surface area (Å²) in [6.45, 7) is 0.581. The number of hydrogen-bond acceptors (Lipinski definition) is 5. The van der Waals surface area contributed by atoms with Crippen molar-refractivity contribution >= 4 is 28.6 Å². The van der Waals surface area contributed by atoms with Crippen molar-refractivity contribution in [2.24, 2.45) is 0 Å². The first kappa shape index (κ1) is 15.7. The van der Waals surface area contributed by atoms with Crippen molar-refractivity contribution < 1.29 is 9.53 Å². The molecule has 0 aliphatic carbocycles. The van der Waals surface area contributed by atoms with Gasteiger partial charge in [0.2, 0.25) is 0 Å². The Labute approximate surface area is 142 Å². The normalized spacial score (nSPS) is 10.5. The summed E-state index contributed by atoms with van der Waals surface area (Å²) in [6, 6.07) is 11.6. The number of benzene rings is 1. The van der Waals surface area contributed by atoms with E-state index in [1.165, 1.54) is 11.3 Å². The number of aromatic nitrogens is 1. The van der Waals surface area contributed by atoms with Crippen LogP contribution in [0.25, 0.3) is 10.6 Å². The number of carbonyl (C=O) groups is 1. The van der Waals surface area contributed by atoms with Crippen LogP contribution in [-0.2, 0) is 6.42 Å². The second kappa shape index (κ2) is 7.39. The van der Waals surface area contributed by atoms with Gasteiger partial charge in [-0.2, -0.15) is 0 Å². The van der Waals surface area contributed by atoms with Crippen LogP contribution in [0.15, 0.2) is 47.2 Å². The molecule has 0 aliphatic heterocycles. The highest BCUT2D eigenvalue weighted by molar-refractivity contribution is 7.13. The summed E-state index contributed by atoms with van der Waals surface area (Å²) in [4.78, 5) is 17.2. The third-order valence-electron chi connectivity index (χ3n) is 3.28. The zero-order chi connectivity index (χ0) is 16.1. The summed E-state index contributed by atoms with van der Waals surface area (Å²) in [6.07, 6.45) is 0.720. The fourth-order valence-corrected chi connectivity index (χ4v) is 3.60. The number of carbonyl (C=O) groups excluding carboxylic acids is 1. The maximum atomic E-state index is 11.9. The van der Waals surface area contributed by atoms with Gasteiger partial charge in [-0.15, -0.1) is 22.7 Å². The second-order valence-electron chi connectivity index (χ2n) is 4.86. The van der Waals surface area contributed by atoms with E-state index in [0.29, 0.717) is 6.54 Å². The summed E-state index contributed by atoms with van der Waals surface area (Å²) in [5.41, 5.74) is 2.03. The predicted octanol–water partition coefficient (Wildman–Crippen LogP) is 3.85. The molecule has 1 N–H and O–H groups in total. The van der Waals surface area contributed by atoms with Crippen LogP contribution in [0.4, 0.5) is 0 Å². The molecule has 1 amide bonds. The van der Waals surface area contributed by atoms with E-state index in [1.807, 2.05) is 47.2 Å². The largest absolute Gasteiger partial charge is 0.497 e. The van der Waals surface area contributed by atoms with Gasteiger partial charge < -0.3 is 10.1 Å². The van der Waals surface area contributed by atoms with Crippen molar-refractivity contribution in [1.82, 2.24) is 10.3 Å². The molecule has 2 heterocycles. The van der Waals surface area contributed by atoms with Gasteiger partial charge in [-0.3, -0.25) is 4.79 Å². The van der Waals surface area contributed by atoms with Crippen LogP contribution in [-0.4, -0.2) is 24.5 Å². The van der Waals surface area contributed by atoms with Crippen molar-refractivity contribution in [2.45, 2.75) is 6.42 Å². The highest BCUT2D eigenvalue weighted by Crippen LogP contribution is 2.26. The van der Waals surface area contributed by atoms with E-state index in [1.54, 1.807) is 18.4 Å². The summed E-state index contributed by atoms with van der Waals surface area (Å²) >= 11 is 3.05. The lowest BCUT2D eigenvalue weighted by Gasteiger charge is -2.02. The van der Waals surface area contributed by atoms with Crippen LogP contribution in [0.3, 0.4) is 0 Å². The zero-order valence-corrected chi connectivity index (χ0v) is 14.2. The van der Waals surface area contributed by atoms with E-state index < -0.39 is 0 Å². The third kappa shape index (κ3) is 3.97. The molecule has 0 aliphatic rings. The Balaban J connectivity index is 1.58. The molecule has 2 aromatic heterocycles. The van der Waals surface area contributed by atoms with Gasteiger partial charge in [0.05, 0.1) is 17.7 Å². The molecular weight excluding hydrogens is 328 g/mol. The molecule has 6 heteroatoms. The smallest absolute Gasteiger partial charge is 0.261 e. The Bertz CT molecular complexity index is 782. The lowest BCUT2D eigenvalue weighted by atomic mass is 10.2. The molecule has 0 saturated carbocycles. The Morgan fingerprint density at radius 2 is 2.17 bits per heavy atom. The molecule has 4 nitrogen and oxygen atoms in total. The van der Waals surface area contributed by atoms with E-state index in [4.69, 9.17) is 4.74 Å². The summed E-state index contributed by atoms with van der Waals surface area (Å²) < 4.78 is 5.24. The number of rotatable bonds is 6. The van der Waals surface area contributed by atoms with Gasteiger partial charge in [0.25, 0.3) is 5.91 Å². The van der Waals surface area contributed by atoms with Gasteiger partial charge in [-0.05, 0) is 23.6 Å². The van der Waals surface area contributed by atoms with Crippen LogP contribution < -0.4 is 10.1 Å². The molecule has 3 rings (SSSR count). The SMILES string of the molecule is COc1cccc(-c2nc(CCNC(=O)c3cccs3)cs2)c1. The number of nitrogens with one attached hydrogen (secondary N) is 1. The Morgan fingerprint density at radius 1 is 1.26 bits per heavy atom. The third-order valence-corrected chi connectivity index (χ3v) is 5.09. The first-order valence-corrected chi connectivity index (χ1v) is 8.93. The maximum absolute atomic E-state index is 11.9. The number of hydrogen-bond donors (Lipinski definition) is 1. The molecule has 0 saturated heterocycles. The number of thiazole rings is 1. The fraction of sp³-hybridized carbons (Fsp3) is 0.176. The molecule has 0 radical (unpaired) electrons. The molecule has 0 fully saturated rings. The Kier molecular flexibility index (Phi) is 5.05. The molecule has 0 spiro atoms. The van der Waals surface area contributed by atoms with E-state index in [2.05, 4.69) is 10.3 Å². The van der Waals surface area contributed by atoms with Crippen LogP contribution in [0.2, 0.25) is 0 Å². The molecule has 0 bridgehead atoms. The molecule has 23 heavy (non-hydrogen) atoms. The van der Waals surface area contributed by atoms with Crippen molar-refractivity contribution in [3.8, 4) is 16.3 Å². The minimum absolute atomic E-state index is 0.0248. The highest BCUT2D eigenvalue weighted by Gasteiger charge is 2.08. The number of thiophene rings is 1. The second-order valence-corrected chi connectivity index (χ2v) is 6.66. The monoisotopic (exact) mass is 344 g/mol. The first-order valence-electron chi connectivity index (χ1n) is 7.17. The standard InChI is InChI=1S/C17H16N2O2S2/c1-21-14-5-2-4-12(10-14)17-19-13(11-23-17)7-8-18-16(20)15-6-3-9-22-15/h2-6,9-11H,7-8H2,1H3,(H,18,20). The van der Waals surface area contributed by atoms with Gasteiger partial charge >= 0.3 is 0 Å². The Morgan fingerprint density at radius 3 is 2.96 bits per heavy atom. The van der Waals surface area contributed by atoms with Crippen LogP contribution in [0.5, 0.6) is 5.75 Å². The summed E-state index contributed by atoms with van der Waals surface area (Å²) in [5, 5.41) is 7.81. The van der Waals surface area contributed by atoms with Gasteiger partial charge in [-0.1, -0.05) is 18.2 Å². The zero-order valence-electron chi connectivity index (χ0n) is 12.6. The Hall–Kier alpha value is -2.18. The number of nitrogens with zero attached hydrogens (tertiary/aromatic N) is 1. The van der Waals surface area contributed by atoms with Gasteiger partial charge in [0, 0.05) is 23.9 Å². The summed E-state index contributed by atoms with van der Waals surface area (Å²) in [7, 11) is 1.66. The van der Waals surface area contributed by atoms with Crippen molar-refractivity contribution in [3.63, 3.8) is 0 Å². The lowest BCUT2D eigenvalue weighted by molar-refractivity contribution is 0.0958. The van der Waals surface area contributed by atoms with Crippen LogP contribution in [0, 0.1) is 0 Å². The van der Waals surface area contributed by atoms with E-state index in [9.17, 15) is 4.79 Å². The molecule has 3 aromatic rings. The molecule has 1 aromatic carbocycles. The van der Waals surface area contributed by atoms with E-state index in [-0.39, 0.29) is 5.91 Å². The number of ether oxygens (including phenoxy) is 1. The first-order chi connectivity index (χ1) is 11.3. The van der Waals surface area contributed by atoms with Crippen LogP contribution >= 0.6 is 22.7 Å². The van der Waals surface area contributed by atoms with Crippen molar-refractivity contribution in [1.29, 1.82) is 0 Å². The predicted molar refractivity (Wildman–Crippen MR) is 94.5 cm³/mol. The molecule has 0 unspecified atom stereocenters. The fourth-order valence-electron chi connectivity index (χ4n) is 2.11. The minimum Gasteiger partial charge on any atom is -0.497 e. The number of methoxy groups -OCH3 is 1. The van der Waals surface area contributed by atoms with Crippen molar-refractivity contribution in [3.05, 3.63) is 57.7 Å². The van der Waals surface area contributed by atoms with E-state index >= 15 is 0 Å². The van der Waals surface area contributed by atoms with Gasteiger partial charge in [0.1, 0.15) is 10.8 Å². The van der Waals surface area contributed by atoms with Crippen molar-refractivity contribution in [2.75, 3.05) is 13.7 Å². The van der Waals surface area contributed by atoms with Crippen LogP contribution in [0.1, 0.15) is 15.4 Å². The van der Waals surface area contributed by atoms with Gasteiger partial charge in [-0.25, -0.2) is 4.98 Å². The average molecular weight is 344 g/mol. The highest BCUT2D eigenvalue weighted by atomic mass is 32.1. The topological polar surface area (TPSA) is 51.2 Å². The molecular formula is C17H16N2O2S2. The molecule has 0 atom stereocenters. The number of amides is 1. The maximum Gasteiger partial charge on any atom is 0.261 e. The average Bonchev–Trinajstić information content (AvgIpc) is 3.26. The minimum atomic E-state index is -0.0248. The lowest BCUT2D eigenvalue weighted by Crippen LogP contribution is -2.24. The quantitative estimate of drug-likeness (QED) is 0.739.